The van der Waals surface area contributed by atoms with E-state index in [0.29, 0.717) is 19.5 Å². The molecule has 4 nitrogen and oxygen atoms in total. The molecule has 0 aromatic heterocycles. The molecule has 0 radical (unpaired) electrons. The highest BCUT2D eigenvalue weighted by Gasteiger charge is 2.33. The second kappa shape index (κ2) is 8.39. The number of anilines is 1. The zero-order valence-corrected chi connectivity index (χ0v) is 18.2. The van der Waals surface area contributed by atoms with Crippen LogP contribution in [0.3, 0.4) is 0 Å². The van der Waals surface area contributed by atoms with Crippen molar-refractivity contribution in [1.29, 1.82) is 0 Å². The molecule has 166 valence electrons. The average molecular weight is 451 g/mol. The first-order chi connectivity index (χ1) is 14.6. The van der Waals surface area contributed by atoms with Crippen LogP contribution in [0.5, 0.6) is 0 Å². The van der Waals surface area contributed by atoms with Gasteiger partial charge in [-0.05, 0) is 86.2 Å². The van der Waals surface area contributed by atoms with Gasteiger partial charge in [0.1, 0.15) is 0 Å². The van der Waals surface area contributed by atoms with Crippen LogP contribution in [0.25, 0.3) is 0 Å². The van der Waals surface area contributed by atoms with Gasteiger partial charge >= 0.3 is 12.1 Å². The Kier molecular flexibility index (Phi) is 5.96. The first kappa shape index (κ1) is 22.0. The van der Waals surface area contributed by atoms with Gasteiger partial charge in [0.2, 0.25) is 0 Å². The van der Waals surface area contributed by atoms with Gasteiger partial charge in [-0.25, -0.2) is 4.31 Å². The van der Waals surface area contributed by atoms with Gasteiger partial charge < -0.3 is 10.0 Å². The Bertz CT molecular complexity index is 952. The fourth-order valence-electron chi connectivity index (χ4n) is 4.58. The number of hydrogen-bond acceptors (Lipinski definition) is 4. The fourth-order valence-corrected chi connectivity index (χ4v) is 5.62. The van der Waals surface area contributed by atoms with Crippen molar-refractivity contribution in [2.24, 2.45) is 0 Å². The number of halogens is 3. The zero-order valence-electron chi connectivity index (χ0n) is 17.4. The molecule has 8 heteroatoms. The third-order valence-electron chi connectivity index (χ3n) is 6.10. The molecule has 1 aliphatic heterocycles. The van der Waals surface area contributed by atoms with E-state index in [1.165, 1.54) is 12.1 Å². The Morgan fingerprint density at radius 1 is 1.06 bits per heavy atom. The summed E-state index contributed by atoms with van der Waals surface area (Å²) in [5.74, 6) is -1.20. The SMILES string of the molecule is CC1CN(c2ccc(C(F)(F)F)cc2)CC(C)N1Sc1ccc2c(c1)C(C(=O)O)CC2. The quantitative estimate of drug-likeness (QED) is 0.630. The van der Waals surface area contributed by atoms with Crippen LogP contribution in [0.4, 0.5) is 18.9 Å². The standard InChI is InChI=1S/C23H25F3N2O2S/c1-14-12-27(18-7-5-17(6-8-18)23(24,25)26)13-15(2)28(14)31-19-9-3-16-4-10-20(22(29)30)21(16)11-19/h3,5-9,11,14-15,20H,4,10,12-13H2,1-2H3,(H,29,30). The predicted molar refractivity (Wildman–Crippen MR) is 115 cm³/mol. The lowest BCUT2D eigenvalue weighted by Gasteiger charge is -2.44. The molecule has 1 saturated heterocycles. The molecule has 2 aliphatic rings. The number of aryl methyl sites for hydroxylation is 1. The lowest BCUT2D eigenvalue weighted by molar-refractivity contribution is -0.139. The molecule has 1 aliphatic carbocycles. The third kappa shape index (κ3) is 4.55. The van der Waals surface area contributed by atoms with Gasteiger partial charge in [0, 0.05) is 35.8 Å². The van der Waals surface area contributed by atoms with Crippen LogP contribution in [-0.4, -0.2) is 40.6 Å². The minimum absolute atomic E-state index is 0.166. The Balaban J connectivity index is 1.46. The van der Waals surface area contributed by atoms with E-state index in [9.17, 15) is 23.1 Å². The van der Waals surface area contributed by atoms with Gasteiger partial charge in [-0.2, -0.15) is 13.2 Å². The lowest BCUT2D eigenvalue weighted by atomic mass is 10.0. The Morgan fingerprint density at radius 2 is 1.71 bits per heavy atom. The maximum Gasteiger partial charge on any atom is 0.416 e. The average Bonchev–Trinajstić information content (AvgIpc) is 3.13. The van der Waals surface area contributed by atoms with Crippen LogP contribution < -0.4 is 4.90 Å². The summed E-state index contributed by atoms with van der Waals surface area (Å²) in [5, 5.41) is 9.47. The lowest BCUT2D eigenvalue weighted by Crippen LogP contribution is -2.53. The number of hydrogen-bond donors (Lipinski definition) is 1. The predicted octanol–water partition coefficient (Wildman–Crippen LogP) is 5.43. The minimum atomic E-state index is -4.33. The molecule has 0 amide bonds. The maximum atomic E-state index is 12.8. The van der Waals surface area contributed by atoms with Crippen molar-refractivity contribution in [2.75, 3.05) is 18.0 Å². The molecule has 1 N–H and O–H groups in total. The molecule has 31 heavy (non-hydrogen) atoms. The maximum absolute atomic E-state index is 12.8. The van der Waals surface area contributed by atoms with Crippen molar-refractivity contribution in [3.05, 3.63) is 59.2 Å². The molecule has 1 heterocycles. The topological polar surface area (TPSA) is 43.8 Å². The smallest absolute Gasteiger partial charge is 0.416 e. The van der Waals surface area contributed by atoms with E-state index >= 15 is 0 Å². The number of nitrogens with zero attached hydrogens (tertiary/aromatic N) is 2. The summed E-state index contributed by atoms with van der Waals surface area (Å²) in [7, 11) is 0. The van der Waals surface area contributed by atoms with E-state index in [4.69, 9.17) is 0 Å². The van der Waals surface area contributed by atoms with Crippen LogP contribution in [0, 0.1) is 0 Å². The monoisotopic (exact) mass is 450 g/mol. The van der Waals surface area contributed by atoms with Crippen molar-refractivity contribution in [1.82, 2.24) is 4.31 Å². The van der Waals surface area contributed by atoms with Gasteiger partial charge in [0.25, 0.3) is 0 Å². The number of alkyl halides is 3. The number of rotatable bonds is 4. The van der Waals surface area contributed by atoms with Crippen molar-refractivity contribution >= 4 is 23.6 Å². The van der Waals surface area contributed by atoms with Crippen molar-refractivity contribution in [3.8, 4) is 0 Å². The highest BCUT2D eigenvalue weighted by Crippen LogP contribution is 2.39. The van der Waals surface area contributed by atoms with Gasteiger partial charge in [0.15, 0.2) is 0 Å². The first-order valence-electron chi connectivity index (χ1n) is 10.4. The van der Waals surface area contributed by atoms with Crippen LogP contribution >= 0.6 is 11.9 Å². The van der Waals surface area contributed by atoms with E-state index in [2.05, 4.69) is 29.1 Å². The van der Waals surface area contributed by atoms with Crippen molar-refractivity contribution in [3.63, 3.8) is 0 Å². The van der Waals surface area contributed by atoms with Crippen molar-refractivity contribution < 1.29 is 23.1 Å². The normalized spacial score (nSPS) is 24.3. The van der Waals surface area contributed by atoms with Gasteiger partial charge in [-0.1, -0.05) is 6.07 Å². The minimum Gasteiger partial charge on any atom is -0.481 e. The number of carboxylic acid groups (broad SMARTS) is 1. The molecule has 0 spiro atoms. The van der Waals surface area contributed by atoms with Crippen LogP contribution in [-0.2, 0) is 17.4 Å². The second-order valence-electron chi connectivity index (χ2n) is 8.39. The van der Waals surface area contributed by atoms with E-state index < -0.39 is 23.6 Å². The Hall–Kier alpha value is -2.19. The summed E-state index contributed by atoms with van der Waals surface area (Å²) in [5.41, 5.74) is 2.19. The number of benzene rings is 2. The number of carbonyl (C=O) groups is 1. The molecular weight excluding hydrogens is 425 g/mol. The third-order valence-corrected chi connectivity index (χ3v) is 7.50. The Morgan fingerprint density at radius 3 is 2.29 bits per heavy atom. The van der Waals surface area contributed by atoms with E-state index in [1.807, 2.05) is 12.1 Å². The number of aliphatic carboxylic acids is 1. The Labute approximate surface area is 184 Å². The van der Waals surface area contributed by atoms with Crippen LogP contribution in [0.2, 0.25) is 0 Å². The summed E-state index contributed by atoms with van der Waals surface area (Å²) in [6.45, 7) is 5.61. The molecule has 2 aromatic carbocycles. The van der Waals surface area contributed by atoms with Gasteiger partial charge in [0.05, 0.1) is 11.5 Å². The summed E-state index contributed by atoms with van der Waals surface area (Å²) in [6, 6.07) is 11.8. The summed E-state index contributed by atoms with van der Waals surface area (Å²) >= 11 is 1.63. The first-order valence-corrected chi connectivity index (χ1v) is 11.1. The van der Waals surface area contributed by atoms with E-state index in [1.54, 1.807) is 11.9 Å². The number of piperazine rings is 1. The van der Waals surface area contributed by atoms with Crippen molar-refractivity contribution in [2.45, 2.75) is 55.8 Å². The summed E-state index contributed by atoms with van der Waals surface area (Å²) in [4.78, 5) is 14.7. The molecule has 2 aromatic rings. The molecule has 1 fully saturated rings. The van der Waals surface area contributed by atoms with E-state index in [0.717, 1.165) is 40.3 Å². The largest absolute Gasteiger partial charge is 0.481 e. The second-order valence-corrected chi connectivity index (χ2v) is 9.46. The fraction of sp³-hybridized carbons (Fsp3) is 0.435. The highest BCUT2D eigenvalue weighted by atomic mass is 32.2. The van der Waals surface area contributed by atoms with E-state index in [-0.39, 0.29) is 12.1 Å². The molecular formula is C23H25F3N2O2S. The summed E-state index contributed by atoms with van der Waals surface area (Å²) < 4.78 is 40.8. The molecule has 3 atom stereocenters. The van der Waals surface area contributed by atoms with Crippen LogP contribution in [0.1, 0.15) is 42.9 Å². The van der Waals surface area contributed by atoms with Gasteiger partial charge in [-0.3, -0.25) is 4.79 Å². The molecule has 0 bridgehead atoms. The number of carboxylic acids is 1. The zero-order chi connectivity index (χ0) is 22.3. The molecule has 4 rings (SSSR count). The summed E-state index contributed by atoms with van der Waals surface area (Å²) in [6.07, 6.45) is -2.88. The molecule has 3 unspecified atom stereocenters. The molecule has 0 saturated carbocycles. The van der Waals surface area contributed by atoms with Crippen LogP contribution in [0.15, 0.2) is 47.4 Å². The number of fused-ring (bicyclic) bond motifs is 1. The van der Waals surface area contributed by atoms with Gasteiger partial charge in [-0.15, -0.1) is 0 Å². The highest BCUT2D eigenvalue weighted by molar-refractivity contribution is 7.97.